The van der Waals surface area contributed by atoms with Crippen LogP contribution in [0.15, 0.2) is 18.2 Å². The second kappa shape index (κ2) is 5.73. The molecule has 5 nitrogen and oxygen atoms in total. The van der Waals surface area contributed by atoms with Crippen LogP contribution in [-0.4, -0.2) is 26.7 Å². The quantitative estimate of drug-likeness (QED) is 0.835. The van der Waals surface area contributed by atoms with Crippen molar-refractivity contribution >= 4 is 11.6 Å². The van der Waals surface area contributed by atoms with Crippen LogP contribution in [0, 0.1) is 5.41 Å². The molecular weight excluding hydrogens is 232 g/mol. The van der Waals surface area contributed by atoms with Gasteiger partial charge in [0.2, 0.25) is 5.91 Å². The number of hydrogen-bond donors (Lipinski definition) is 2. The predicted molar refractivity (Wildman–Crippen MR) is 71.0 cm³/mol. The summed E-state index contributed by atoms with van der Waals surface area (Å²) in [5.74, 6) is 1.08. The van der Waals surface area contributed by atoms with Crippen molar-refractivity contribution in [2.75, 3.05) is 26.1 Å². The van der Waals surface area contributed by atoms with E-state index in [1.807, 2.05) is 0 Å². The van der Waals surface area contributed by atoms with Gasteiger partial charge in [-0.05, 0) is 26.0 Å². The number of ether oxygens (including phenoxy) is 2. The third kappa shape index (κ3) is 3.13. The molecule has 0 saturated carbocycles. The number of carbonyl (C=O) groups is 1. The van der Waals surface area contributed by atoms with Crippen LogP contribution in [0.25, 0.3) is 0 Å². The monoisotopic (exact) mass is 252 g/mol. The van der Waals surface area contributed by atoms with Gasteiger partial charge in [0.15, 0.2) is 0 Å². The van der Waals surface area contributed by atoms with Crippen LogP contribution in [-0.2, 0) is 4.79 Å². The lowest BCUT2D eigenvalue weighted by Gasteiger charge is -2.22. The summed E-state index contributed by atoms with van der Waals surface area (Å²) in [4.78, 5) is 12.0. The van der Waals surface area contributed by atoms with Gasteiger partial charge in [-0.15, -0.1) is 0 Å². The molecule has 0 aromatic heterocycles. The van der Waals surface area contributed by atoms with Crippen molar-refractivity contribution < 1.29 is 14.3 Å². The summed E-state index contributed by atoms with van der Waals surface area (Å²) in [6.45, 7) is 3.86. The van der Waals surface area contributed by atoms with Crippen molar-refractivity contribution in [2.24, 2.45) is 11.1 Å². The van der Waals surface area contributed by atoms with Gasteiger partial charge in [0.1, 0.15) is 11.5 Å². The van der Waals surface area contributed by atoms with E-state index < -0.39 is 5.41 Å². The van der Waals surface area contributed by atoms with Crippen LogP contribution in [0.3, 0.4) is 0 Å². The first kappa shape index (κ1) is 14.3. The minimum Gasteiger partial charge on any atom is -0.497 e. The average molecular weight is 252 g/mol. The second-order valence-corrected chi connectivity index (χ2v) is 4.61. The van der Waals surface area contributed by atoms with Gasteiger partial charge in [0.05, 0.1) is 25.3 Å². The van der Waals surface area contributed by atoms with Gasteiger partial charge in [-0.3, -0.25) is 4.79 Å². The molecule has 3 N–H and O–H groups in total. The third-order valence-corrected chi connectivity index (χ3v) is 2.78. The van der Waals surface area contributed by atoms with E-state index in [1.54, 1.807) is 46.3 Å². The minimum atomic E-state index is -0.620. The molecule has 0 bridgehead atoms. The van der Waals surface area contributed by atoms with Crippen molar-refractivity contribution in [3.05, 3.63) is 18.2 Å². The van der Waals surface area contributed by atoms with Crippen LogP contribution in [0.5, 0.6) is 11.5 Å². The fourth-order valence-electron chi connectivity index (χ4n) is 1.29. The highest BCUT2D eigenvalue weighted by molar-refractivity contribution is 5.96. The first-order valence-electron chi connectivity index (χ1n) is 5.68. The Balaban J connectivity index is 2.94. The number of methoxy groups -OCH3 is 2. The topological polar surface area (TPSA) is 73.6 Å². The first-order valence-corrected chi connectivity index (χ1v) is 5.68. The van der Waals surface area contributed by atoms with Gasteiger partial charge in [-0.2, -0.15) is 0 Å². The Kier molecular flexibility index (Phi) is 4.55. The molecule has 0 aliphatic heterocycles. The zero-order valence-corrected chi connectivity index (χ0v) is 11.2. The van der Waals surface area contributed by atoms with Gasteiger partial charge in [0.25, 0.3) is 0 Å². The maximum atomic E-state index is 12.0. The number of hydrogen-bond acceptors (Lipinski definition) is 4. The van der Waals surface area contributed by atoms with Crippen molar-refractivity contribution in [3.8, 4) is 11.5 Å². The molecule has 1 rings (SSSR count). The normalized spacial score (nSPS) is 10.9. The fourth-order valence-corrected chi connectivity index (χ4v) is 1.29. The molecule has 1 aromatic rings. The summed E-state index contributed by atoms with van der Waals surface area (Å²) in [7, 11) is 3.11. The van der Waals surface area contributed by atoms with E-state index in [2.05, 4.69) is 5.32 Å². The summed E-state index contributed by atoms with van der Waals surface area (Å²) in [5.41, 5.74) is 5.55. The molecule has 0 aliphatic rings. The van der Waals surface area contributed by atoms with Crippen molar-refractivity contribution in [1.82, 2.24) is 0 Å². The molecule has 18 heavy (non-hydrogen) atoms. The van der Waals surface area contributed by atoms with E-state index in [4.69, 9.17) is 15.2 Å². The first-order chi connectivity index (χ1) is 8.44. The third-order valence-electron chi connectivity index (χ3n) is 2.78. The zero-order valence-electron chi connectivity index (χ0n) is 11.2. The van der Waals surface area contributed by atoms with Crippen LogP contribution < -0.4 is 20.5 Å². The summed E-state index contributed by atoms with van der Waals surface area (Å²) >= 11 is 0. The molecule has 5 heteroatoms. The smallest absolute Gasteiger partial charge is 0.231 e. The number of anilines is 1. The highest BCUT2D eigenvalue weighted by atomic mass is 16.5. The van der Waals surface area contributed by atoms with Gasteiger partial charge in [-0.1, -0.05) is 0 Å². The van der Waals surface area contributed by atoms with Crippen molar-refractivity contribution in [1.29, 1.82) is 0 Å². The van der Waals surface area contributed by atoms with Crippen LogP contribution in [0.1, 0.15) is 13.8 Å². The molecule has 0 spiro atoms. The van der Waals surface area contributed by atoms with E-state index >= 15 is 0 Å². The van der Waals surface area contributed by atoms with Crippen molar-refractivity contribution in [3.63, 3.8) is 0 Å². The lowest BCUT2D eigenvalue weighted by molar-refractivity contribution is -0.123. The SMILES string of the molecule is COc1ccc(NC(=O)C(C)(C)CN)c(OC)c1. The van der Waals surface area contributed by atoms with E-state index in [1.165, 1.54) is 0 Å². The van der Waals surface area contributed by atoms with Gasteiger partial charge in [-0.25, -0.2) is 0 Å². The summed E-state index contributed by atoms with van der Waals surface area (Å²) in [6, 6.07) is 5.21. The maximum absolute atomic E-state index is 12.0. The molecular formula is C13H20N2O3. The summed E-state index contributed by atoms with van der Waals surface area (Å²) in [5, 5.41) is 2.80. The number of benzene rings is 1. The van der Waals surface area contributed by atoms with E-state index in [-0.39, 0.29) is 12.5 Å². The largest absolute Gasteiger partial charge is 0.497 e. The van der Waals surface area contributed by atoms with Crippen LogP contribution in [0.4, 0.5) is 5.69 Å². The van der Waals surface area contributed by atoms with Crippen LogP contribution in [0.2, 0.25) is 0 Å². The molecule has 1 amide bonds. The Morgan fingerprint density at radius 3 is 2.50 bits per heavy atom. The molecule has 100 valence electrons. The van der Waals surface area contributed by atoms with Crippen LogP contribution >= 0.6 is 0 Å². The van der Waals surface area contributed by atoms with E-state index in [0.717, 1.165) is 0 Å². The van der Waals surface area contributed by atoms with E-state index in [0.29, 0.717) is 17.2 Å². The van der Waals surface area contributed by atoms with Gasteiger partial charge in [0, 0.05) is 12.6 Å². The summed E-state index contributed by atoms with van der Waals surface area (Å²) < 4.78 is 10.3. The summed E-state index contributed by atoms with van der Waals surface area (Å²) in [6.07, 6.45) is 0. The van der Waals surface area contributed by atoms with Gasteiger partial charge >= 0.3 is 0 Å². The molecule has 0 unspecified atom stereocenters. The molecule has 0 atom stereocenters. The number of amides is 1. The molecule has 0 radical (unpaired) electrons. The average Bonchev–Trinajstić information content (AvgIpc) is 2.38. The molecule has 0 saturated heterocycles. The molecule has 0 aliphatic carbocycles. The minimum absolute atomic E-state index is 0.145. The fraction of sp³-hybridized carbons (Fsp3) is 0.462. The van der Waals surface area contributed by atoms with Crippen molar-refractivity contribution in [2.45, 2.75) is 13.8 Å². The Hall–Kier alpha value is -1.75. The predicted octanol–water partition coefficient (Wildman–Crippen LogP) is 1.63. The van der Waals surface area contributed by atoms with E-state index in [9.17, 15) is 4.79 Å². The molecule has 0 fully saturated rings. The number of nitrogens with two attached hydrogens (primary N) is 1. The zero-order chi connectivity index (χ0) is 13.8. The second-order valence-electron chi connectivity index (χ2n) is 4.61. The number of rotatable bonds is 5. The molecule has 0 heterocycles. The maximum Gasteiger partial charge on any atom is 0.231 e. The Bertz CT molecular complexity index is 430. The lowest BCUT2D eigenvalue weighted by Crippen LogP contribution is -2.37. The highest BCUT2D eigenvalue weighted by Gasteiger charge is 2.26. The number of carbonyl (C=O) groups excluding carboxylic acids is 1. The Morgan fingerprint density at radius 1 is 1.33 bits per heavy atom. The standard InChI is InChI=1S/C13H20N2O3/c1-13(2,8-14)12(16)15-10-6-5-9(17-3)7-11(10)18-4/h5-7H,8,14H2,1-4H3,(H,15,16). The van der Waals surface area contributed by atoms with Gasteiger partial charge < -0.3 is 20.5 Å². The number of nitrogens with one attached hydrogen (secondary N) is 1. The molecule has 1 aromatic carbocycles. The highest BCUT2D eigenvalue weighted by Crippen LogP contribution is 2.30. The Labute approximate surface area is 107 Å². The lowest BCUT2D eigenvalue weighted by atomic mass is 9.92. The Morgan fingerprint density at radius 2 is 2.00 bits per heavy atom.